The van der Waals surface area contributed by atoms with E-state index in [4.69, 9.17) is 0 Å². The largest absolute Gasteiger partial charge is 0.332 e. The van der Waals surface area contributed by atoms with Gasteiger partial charge in [-0.05, 0) is 18.6 Å². The second-order valence-corrected chi connectivity index (χ2v) is 5.86. The van der Waals surface area contributed by atoms with Gasteiger partial charge in [0.2, 0.25) is 11.8 Å². The zero-order chi connectivity index (χ0) is 15.2. The van der Waals surface area contributed by atoms with Crippen LogP contribution in [0, 0.1) is 5.82 Å². The third-order valence-corrected chi connectivity index (χ3v) is 4.15. The minimum Gasteiger partial charge on any atom is -0.332 e. The average molecular weight is 311 g/mol. The highest BCUT2D eigenvalue weighted by Crippen LogP contribution is 2.16. The van der Waals surface area contributed by atoms with Gasteiger partial charge in [0.25, 0.3) is 0 Å². The van der Waals surface area contributed by atoms with E-state index in [1.807, 2.05) is 6.92 Å². The zero-order valence-corrected chi connectivity index (χ0v) is 12.5. The Balaban J connectivity index is 1.81. The lowest BCUT2D eigenvalue weighted by Gasteiger charge is -2.30. The van der Waals surface area contributed by atoms with Crippen molar-refractivity contribution in [2.45, 2.75) is 31.3 Å². The van der Waals surface area contributed by atoms with E-state index in [1.165, 1.54) is 23.9 Å². The number of hydrogen-bond acceptors (Lipinski definition) is 4. The van der Waals surface area contributed by atoms with E-state index in [-0.39, 0.29) is 34.8 Å². The van der Waals surface area contributed by atoms with Crippen LogP contribution in [0.25, 0.3) is 0 Å². The fourth-order valence-corrected chi connectivity index (χ4v) is 2.90. The molecule has 1 aromatic rings. The van der Waals surface area contributed by atoms with Crippen molar-refractivity contribution in [2.24, 2.45) is 0 Å². The van der Waals surface area contributed by atoms with Gasteiger partial charge in [-0.25, -0.2) is 4.39 Å². The van der Waals surface area contributed by atoms with E-state index in [0.29, 0.717) is 6.42 Å². The molecule has 1 heterocycles. The monoisotopic (exact) mass is 311 g/mol. The third-order valence-electron chi connectivity index (χ3n) is 3.13. The number of anilines is 1. The molecule has 0 spiro atoms. The van der Waals surface area contributed by atoms with E-state index < -0.39 is 5.82 Å². The third kappa shape index (κ3) is 4.71. The summed E-state index contributed by atoms with van der Waals surface area (Å²) in [6, 6.07) is 6.14. The lowest BCUT2D eigenvalue weighted by molar-refractivity contribution is -0.123. The average Bonchev–Trinajstić information content (AvgIpc) is 2.47. The summed E-state index contributed by atoms with van der Waals surface area (Å²) in [5.41, 5.74) is -0.127. The molecule has 1 aliphatic heterocycles. The van der Waals surface area contributed by atoms with Gasteiger partial charge in [-0.2, -0.15) is 0 Å². The summed E-state index contributed by atoms with van der Waals surface area (Å²) in [5.74, 6) is -0.665. The van der Waals surface area contributed by atoms with Gasteiger partial charge >= 0.3 is 0 Å². The van der Waals surface area contributed by atoms with Crippen LogP contribution in [0.1, 0.15) is 19.8 Å². The molecule has 0 aromatic heterocycles. The molecule has 7 heteroatoms. The molecule has 114 valence electrons. The second kappa shape index (κ2) is 7.42. The van der Waals surface area contributed by atoms with E-state index >= 15 is 0 Å². The Hall–Kier alpha value is -1.60. The number of rotatable bonds is 5. The highest BCUT2D eigenvalue weighted by Gasteiger charge is 2.25. The van der Waals surface area contributed by atoms with E-state index in [9.17, 15) is 14.0 Å². The van der Waals surface area contributed by atoms with Gasteiger partial charge in [0.1, 0.15) is 11.3 Å². The standard InChI is InChI=1S/C14H18FN3O2S/c1-2-9-7-12(19)18-14(16-9)21-8-13(20)17-11-6-4-3-5-10(11)15/h3-6,9,14,16H,2,7-8H2,1H3,(H,17,20)(H,18,19). The van der Waals surface area contributed by atoms with Crippen molar-refractivity contribution in [3.63, 3.8) is 0 Å². The van der Waals surface area contributed by atoms with Gasteiger partial charge in [0.15, 0.2) is 0 Å². The number of amides is 2. The van der Waals surface area contributed by atoms with Crippen molar-refractivity contribution < 1.29 is 14.0 Å². The van der Waals surface area contributed by atoms with Gasteiger partial charge in [-0.3, -0.25) is 14.9 Å². The Bertz CT molecular complexity index is 527. The van der Waals surface area contributed by atoms with Crippen LogP contribution in [0.5, 0.6) is 0 Å². The van der Waals surface area contributed by atoms with Crippen molar-refractivity contribution in [1.82, 2.24) is 10.6 Å². The minimum absolute atomic E-state index is 0.0207. The molecule has 2 unspecified atom stereocenters. The van der Waals surface area contributed by atoms with Crippen molar-refractivity contribution in [1.29, 1.82) is 0 Å². The van der Waals surface area contributed by atoms with E-state index in [2.05, 4.69) is 16.0 Å². The van der Waals surface area contributed by atoms with Crippen LogP contribution in [0.2, 0.25) is 0 Å². The number of benzene rings is 1. The van der Waals surface area contributed by atoms with Crippen LogP contribution in [0.4, 0.5) is 10.1 Å². The Labute approximate surface area is 127 Å². The minimum atomic E-state index is -0.467. The predicted octanol–water partition coefficient (Wildman–Crippen LogP) is 1.67. The predicted molar refractivity (Wildman–Crippen MR) is 81.3 cm³/mol. The summed E-state index contributed by atoms with van der Waals surface area (Å²) >= 11 is 1.28. The van der Waals surface area contributed by atoms with Gasteiger partial charge < -0.3 is 10.6 Å². The lowest BCUT2D eigenvalue weighted by Crippen LogP contribution is -2.54. The van der Waals surface area contributed by atoms with Gasteiger partial charge in [-0.15, -0.1) is 11.8 Å². The molecule has 2 amide bonds. The van der Waals surface area contributed by atoms with Crippen molar-refractivity contribution in [3.8, 4) is 0 Å². The lowest BCUT2D eigenvalue weighted by atomic mass is 10.1. The molecule has 0 radical (unpaired) electrons. The maximum Gasteiger partial charge on any atom is 0.234 e. The number of nitrogens with one attached hydrogen (secondary N) is 3. The zero-order valence-electron chi connectivity index (χ0n) is 11.7. The Morgan fingerprint density at radius 2 is 2.24 bits per heavy atom. The number of halogens is 1. The molecule has 0 bridgehead atoms. The molecule has 1 aromatic carbocycles. The van der Waals surface area contributed by atoms with Crippen LogP contribution in [-0.2, 0) is 9.59 Å². The number of thioether (sulfide) groups is 1. The molecule has 2 atom stereocenters. The molecule has 1 saturated heterocycles. The van der Waals surface area contributed by atoms with Crippen LogP contribution >= 0.6 is 11.8 Å². The fourth-order valence-electron chi connectivity index (χ4n) is 2.00. The van der Waals surface area contributed by atoms with Crippen molar-refractivity contribution in [3.05, 3.63) is 30.1 Å². The van der Waals surface area contributed by atoms with Crippen LogP contribution in [0.15, 0.2) is 24.3 Å². The summed E-state index contributed by atoms with van der Waals surface area (Å²) in [4.78, 5) is 23.3. The first kappa shape index (κ1) is 15.8. The Morgan fingerprint density at radius 1 is 1.48 bits per heavy atom. The maximum absolute atomic E-state index is 13.4. The SMILES string of the molecule is CCC1CC(=O)NC(SCC(=O)Nc2ccccc2F)N1. The topological polar surface area (TPSA) is 70.2 Å². The first-order valence-corrected chi connectivity index (χ1v) is 7.84. The van der Waals surface area contributed by atoms with Crippen molar-refractivity contribution in [2.75, 3.05) is 11.1 Å². The molecule has 3 N–H and O–H groups in total. The van der Waals surface area contributed by atoms with Crippen LogP contribution in [0.3, 0.4) is 0 Å². The summed E-state index contributed by atoms with van der Waals surface area (Å²) in [6.07, 6.45) is 1.31. The van der Waals surface area contributed by atoms with Gasteiger partial charge in [-0.1, -0.05) is 19.1 Å². The highest BCUT2D eigenvalue weighted by molar-refractivity contribution is 8.00. The highest BCUT2D eigenvalue weighted by atomic mass is 32.2. The quantitative estimate of drug-likeness (QED) is 0.773. The molecule has 5 nitrogen and oxygen atoms in total. The fraction of sp³-hybridized carbons (Fsp3) is 0.429. The molecule has 2 rings (SSSR count). The second-order valence-electron chi connectivity index (χ2n) is 4.76. The molecule has 0 saturated carbocycles. The summed E-state index contributed by atoms with van der Waals surface area (Å²) in [6.45, 7) is 2.00. The van der Waals surface area contributed by atoms with Gasteiger partial charge in [0, 0.05) is 12.5 Å². The molecular weight excluding hydrogens is 293 g/mol. The Morgan fingerprint density at radius 3 is 2.95 bits per heavy atom. The summed E-state index contributed by atoms with van der Waals surface area (Å²) in [7, 11) is 0. The molecule has 1 aliphatic rings. The number of hydrogen-bond donors (Lipinski definition) is 3. The van der Waals surface area contributed by atoms with Crippen molar-refractivity contribution >= 4 is 29.3 Å². The molecular formula is C14H18FN3O2S. The van der Waals surface area contributed by atoms with Gasteiger partial charge in [0.05, 0.1) is 11.4 Å². The summed E-state index contributed by atoms with van der Waals surface area (Å²) < 4.78 is 13.4. The van der Waals surface area contributed by atoms with E-state index in [0.717, 1.165) is 6.42 Å². The smallest absolute Gasteiger partial charge is 0.234 e. The number of para-hydroxylation sites is 1. The van der Waals surface area contributed by atoms with Crippen LogP contribution in [-0.4, -0.2) is 29.1 Å². The van der Waals surface area contributed by atoms with E-state index in [1.54, 1.807) is 12.1 Å². The molecule has 1 fully saturated rings. The molecule has 0 aliphatic carbocycles. The van der Waals surface area contributed by atoms with Crippen LogP contribution < -0.4 is 16.0 Å². The Kier molecular flexibility index (Phi) is 5.58. The number of carbonyl (C=O) groups is 2. The number of carbonyl (C=O) groups excluding carboxylic acids is 2. The first-order valence-electron chi connectivity index (χ1n) is 6.80. The normalized spacial score (nSPS) is 21.7. The maximum atomic E-state index is 13.4. The molecule has 21 heavy (non-hydrogen) atoms. The summed E-state index contributed by atoms with van der Waals surface area (Å²) in [5, 5.41) is 8.52. The first-order chi connectivity index (χ1) is 10.1.